The number of nitrogens with zero attached hydrogens (tertiary/aromatic N) is 1. The van der Waals surface area contributed by atoms with Gasteiger partial charge in [-0.15, -0.1) is 11.3 Å². The second kappa shape index (κ2) is 4.46. The van der Waals surface area contributed by atoms with Crippen molar-refractivity contribution in [1.29, 1.82) is 0 Å². The summed E-state index contributed by atoms with van der Waals surface area (Å²) in [6.45, 7) is 4.44. The Balaban J connectivity index is 2.07. The summed E-state index contributed by atoms with van der Waals surface area (Å²) in [5, 5.41) is 10.6. The van der Waals surface area contributed by atoms with Gasteiger partial charge in [-0.2, -0.15) is 0 Å². The third-order valence-electron chi connectivity index (χ3n) is 3.79. The average Bonchev–Trinajstić information content (AvgIpc) is 2.86. The van der Waals surface area contributed by atoms with Gasteiger partial charge in [-0.05, 0) is 36.2 Å². The van der Waals surface area contributed by atoms with Crippen molar-refractivity contribution in [2.24, 2.45) is 0 Å². The molecule has 2 atom stereocenters. The topological polar surface area (TPSA) is 49.8 Å². The summed E-state index contributed by atoms with van der Waals surface area (Å²) in [6, 6.07) is 1.63. The lowest BCUT2D eigenvalue weighted by Crippen LogP contribution is -2.53. The summed E-state index contributed by atoms with van der Waals surface area (Å²) in [7, 11) is 0. The van der Waals surface area contributed by atoms with Crippen LogP contribution in [0, 0.1) is 0 Å². The zero-order valence-corrected chi connectivity index (χ0v) is 13.3. The summed E-state index contributed by atoms with van der Waals surface area (Å²) in [5.41, 5.74) is -0.693. The number of hydrogen-bond donors (Lipinski definition) is 1. The number of rotatable bonds is 1. The fourth-order valence-electron chi connectivity index (χ4n) is 2.79. The van der Waals surface area contributed by atoms with Crippen LogP contribution in [-0.2, 0) is 4.79 Å². The van der Waals surface area contributed by atoms with Gasteiger partial charge in [0, 0.05) is 19.0 Å². The number of thiophene rings is 1. The predicted molar refractivity (Wildman–Crippen MR) is 76.4 cm³/mol. The molecule has 1 saturated heterocycles. The minimum absolute atomic E-state index is 0.122. The fraction of sp³-hybridized carbons (Fsp3) is 0.615. The Morgan fingerprint density at radius 1 is 1.58 bits per heavy atom. The maximum absolute atomic E-state index is 12.0. The highest BCUT2D eigenvalue weighted by molar-refractivity contribution is 9.11. The van der Waals surface area contributed by atoms with Crippen LogP contribution < -0.4 is 4.74 Å². The fourth-order valence-corrected chi connectivity index (χ4v) is 4.47. The number of likely N-dealkylation sites (tertiary alicyclic amines) is 1. The average molecular weight is 346 g/mol. The van der Waals surface area contributed by atoms with Crippen molar-refractivity contribution in [3.8, 4) is 5.75 Å². The van der Waals surface area contributed by atoms with E-state index in [-0.39, 0.29) is 11.9 Å². The molecule has 4 nitrogen and oxygen atoms in total. The van der Waals surface area contributed by atoms with Gasteiger partial charge in [-0.1, -0.05) is 0 Å². The highest BCUT2D eigenvalue weighted by Crippen LogP contribution is 2.49. The van der Waals surface area contributed by atoms with E-state index in [2.05, 4.69) is 15.9 Å². The minimum Gasteiger partial charge on any atom is -0.484 e. The molecule has 1 N–H and O–H groups in total. The molecule has 3 rings (SSSR count). The van der Waals surface area contributed by atoms with Crippen molar-refractivity contribution in [2.45, 2.75) is 44.4 Å². The van der Waals surface area contributed by atoms with Crippen molar-refractivity contribution in [2.75, 3.05) is 6.54 Å². The number of aliphatic hydroxyl groups is 1. The quantitative estimate of drug-likeness (QED) is 0.851. The zero-order valence-electron chi connectivity index (χ0n) is 10.9. The van der Waals surface area contributed by atoms with Gasteiger partial charge in [0.05, 0.1) is 14.7 Å². The third-order valence-corrected chi connectivity index (χ3v) is 5.48. The van der Waals surface area contributed by atoms with Crippen LogP contribution >= 0.6 is 27.3 Å². The van der Waals surface area contributed by atoms with Crippen LogP contribution in [0.15, 0.2) is 9.85 Å². The number of amides is 1. The highest BCUT2D eigenvalue weighted by Gasteiger charge is 2.48. The number of fused-ring (bicyclic) bond motifs is 1. The van der Waals surface area contributed by atoms with E-state index in [4.69, 9.17) is 4.74 Å². The van der Waals surface area contributed by atoms with E-state index in [1.807, 2.05) is 19.9 Å². The minimum atomic E-state index is -0.715. The standard InChI is InChI=1S/C13H16BrNO3S/c1-13(2)12(17)10(15-5-3-4-9(15)16)11-7(18-13)6-8(14)19-11/h6,10,12,17H,3-5H2,1-2H3/t10-,12+/m0/s1. The van der Waals surface area contributed by atoms with Gasteiger partial charge in [-0.25, -0.2) is 0 Å². The summed E-state index contributed by atoms with van der Waals surface area (Å²) in [6.07, 6.45) is 0.727. The Bertz CT molecular complexity index is 528. The molecule has 0 aromatic carbocycles. The van der Waals surface area contributed by atoms with Gasteiger partial charge in [-0.3, -0.25) is 4.79 Å². The van der Waals surface area contributed by atoms with Crippen LogP contribution in [0.1, 0.15) is 37.6 Å². The summed E-state index contributed by atoms with van der Waals surface area (Å²) in [5.74, 6) is 0.897. The molecule has 1 aromatic rings. The van der Waals surface area contributed by atoms with E-state index in [1.54, 1.807) is 4.90 Å². The smallest absolute Gasteiger partial charge is 0.223 e. The molecule has 2 aliphatic heterocycles. The Hall–Kier alpha value is -0.590. The maximum Gasteiger partial charge on any atom is 0.223 e. The Morgan fingerprint density at radius 2 is 2.32 bits per heavy atom. The van der Waals surface area contributed by atoms with Crippen LogP contribution in [0.3, 0.4) is 0 Å². The number of halogens is 1. The largest absolute Gasteiger partial charge is 0.484 e. The van der Waals surface area contributed by atoms with Crippen molar-refractivity contribution >= 4 is 33.2 Å². The number of carbonyl (C=O) groups excluding carboxylic acids is 1. The van der Waals surface area contributed by atoms with Gasteiger partial charge in [0.1, 0.15) is 17.5 Å². The van der Waals surface area contributed by atoms with Gasteiger partial charge < -0.3 is 14.7 Å². The second-order valence-corrected chi connectivity index (χ2v) is 8.03. The van der Waals surface area contributed by atoms with Crippen LogP contribution in [0.25, 0.3) is 0 Å². The lowest BCUT2D eigenvalue weighted by molar-refractivity contribution is -0.139. The third kappa shape index (κ3) is 2.10. The number of aliphatic hydroxyl groups excluding tert-OH is 1. The lowest BCUT2D eigenvalue weighted by atomic mass is 9.90. The Morgan fingerprint density at radius 3 is 2.95 bits per heavy atom. The molecule has 19 heavy (non-hydrogen) atoms. The molecule has 104 valence electrons. The van der Waals surface area contributed by atoms with Crippen molar-refractivity contribution in [3.05, 3.63) is 14.7 Å². The van der Waals surface area contributed by atoms with Crippen LogP contribution in [0.4, 0.5) is 0 Å². The Labute approximate surface area is 124 Å². The molecule has 1 aromatic heterocycles. The van der Waals surface area contributed by atoms with Crippen molar-refractivity contribution < 1.29 is 14.6 Å². The van der Waals surface area contributed by atoms with E-state index in [0.717, 1.165) is 20.8 Å². The summed E-state index contributed by atoms with van der Waals surface area (Å²) in [4.78, 5) is 14.8. The zero-order chi connectivity index (χ0) is 13.8. The first kappa shape index (κ1) is 13.4. The first-order chi connectivity index (χ1) is 8.90. The maximum atomic E-state index is 12.0. The lowest BCUT2D eigenvalue weighted by Gasteiger charge is -2.43. The predicted octanol–water partition coefficient (Wildman–Crippen LogP) is 2.71. The molecule has 1 fully saturated rings. The molecule has 1 amide bonds. The number of hydrogen-bond acceptors (Lipinski definition) is 4. The molecule has 6 heteroatoms. The molecule has 0 radical (unpaired) electrons. The first-order valence-electron chi connectivity index (χ1n) is 6.36. The molecule has 0 aliphatic carbocycles. The van der Waals surface area contributed by atoms with Gasteiger partial charge in [0.25, 0.3) is 0 Å². The van der Waals surface area contributed by atoms with Gasteiger partial charge >= 0.3 is 0 Å². The monoisotopic (exact) mass is 345 g/mol. The molecule has 2 aliphatic rings. The van der Waals surface area contributed by atoms with Crippen molar-refractivity contribution in [1.82, 2.24) is 4.90 Å². The van der Waals surface area contributed by atoms with E-state index in [9.17, 15) is 9.90 Å². The first-order valence-corrected chi connectivity index (χ1v) is 7.97. The Kier molecular flexibility index (Phi) is 3.15. The van der Waals surface area contributed by atoms with E-state index in [0.29, 0.717) is 13.0 Å². The molecular weight excluding hydrogens is 330 g/mol. The molecule has 0 spiro atoms. The van der Waals surface area contributed by atoms with E-state index < -0.39 is 11.7 Å². The van der Waals surface area contributed by atoms with Crippen LogP contribution in [0.5, 0.6) is 5.75 Å². The van der Waals surface area contributed by atoms with Crippen LogP contribution in [0.2, 0.25) is 0 Å². The van der Waals surface area contributed by atoms with Gasteiger partial charge in [0.2, 0.25) is 5.91 Å². The summed E-state index contributed by atoms with van der Waals surface area (Å²) >= 11 is 4.98. The highest BCUT2D eigenvalue weighted by atomic mass is 79.9. The summed E-state index contributed by atoms with van der Waals surface area (Å²) < 4.78 is 6.83. The second-order valence-electron chi connectivity index (χ2n) is 5.56. The van der Waals surface area contributed by atoms with Crippen LogP contribution in [-0.4, -0.2) is 34.2 Å². The molecule has 0 unspecified atom stereocenters. The normalized spacial score (nSPS) is 29.3. The molecule has 0 bridgehead atoms. The molecule has 0 saturated carbocycles. The van der Waals surface area contributed by atoms with E-state index >= 15 is 0 Å². The van der Waals surface area contributed by atoms with Gasteiger partial charge in [0.15, 0.2) is 0 Å². The SMILES string of the molecule is CC1(C)Oc2cc(Br)sc2[C@H](N2CCCC2=O)[C@H]1O. The number of carbonyl (C=O) groups is 1. The van der Waals surface area contributed by atoms with E-state index in [1.165, 1.54) is 11.3 Å². The molecular formula is C13H16BrNO3S. The van der Waals surface area contributed by atoms with Crippen molar-refractivity contribution in [3.63, 3.8) is 0 Å². The molecule has 3 heterocycles. The number of ether oxygens (including phenoxy) is 1.